The number of amides is 2. The minimum absolute atomic E-state index is 0.0419. The number of ether oxygens (including phenoxy) is 2. The third-order valence-corrected chi connectivity index (χ3v) is 13.3. The monoisotopic (exact) mass is 743 g/mol. The van der Waals surface area contributed by atoms with Gasteiger partial charge in [0, 0.05) is 42.9 Å². The van der Waals surface area contributed by atoms with Crippen LogP contribution in [0.15, 0.2) is 48.5 Å². The summed E-state index contributed by atoms with van der Waals surface area (Å²) in [6.45, 7) is 8.04. The van der Waals surface area contributed by atoms with Crippen LogP contribution in [0, 0.1) is 23.6 Å². The van der Waals surface area contributed by atoms with Gasteiger partial charge in [-0.15, -0.1) is 0 Å². The predicted octanol–water partition coefficient (Wildman–Crippen LogP) is 8.04. The third kappa shape index (κ3) is 7.83. The summed E-state index contributed by atoms with van der Waals surface area (Å²) < 4.78 is 28.7. The van der Waals surface area contributed by atoms with Crippen LogP contribution < -0.4 is 5.32 Å². The Labute approximate surface area is 318 Å². The van der Waals surface area contributed by atoms with Gasteiger partial charge >= 0.3 is 12.0 Å². The molecule has 2 saturated heterocycles. The number of carboxylic acids is 1. The molecule has 2 saturated carbocycles. The summed E-state index contributed by atoms with van der Waals surface area (Å²) >= 11 is 0. The van der Waals surface area contributed by atoms with Gasteiger partial charge in [0.15, 0.2) is 0 Å². The maximum absolute atomic E-state index is 15.0. The Morgan fingerprint density at radius 3 is 2.35 bits per heavy atom. The van der Waals surface area contributed by atoms with E-state index in [4.69, 9.17) is 9.47 Å². The maximum atomic E-state index is 15.0. The van der Waals surface area contributed by atoms with Crippen molar-refractivity contribution < 1.29 is 33.4 Å². The number of carbonyl (C=O) groups excluding carboxylic acids is 2. The molecule has 4 aliphatic rings. The van der Waals surface area contributed by atoms with Gasteiger partial charge in [-0.25, -0.2) is 9.18 Å². The molecule has 1 aromatic heterocycles. The molecule has 54 heavy (non-hydrogen) atoms. The molecule has 2 amide bonds. The number of nitrogens with zero attached hydrogens (tertiary/aromatic N) is 2. The Bertz CT molecular complexity index is 1800. The maximum Gasteiger partial charge on any atom is 0.329 e. The van der Waals surface area contributed by atoms with Crippen molar-refractivity contribution >= 4 is 28.8 Å². The highest BCUT2D eigenvalue weighted by Gasteiger charge is 2.48. The van der Waals surface area contributed by atoms with Crippen molar-refractivity contribution in [2.75, 3.05) is 19.8 Å². The number of nitrogens with one attached hydrogen (secondary N) is 1. The molecule has 3 heterocycles. The zero-order valence-electron chi connectivity index (χ0n) is 32.2. The first-order valence-electron chi connectivity index (χ1n) is 20.5. The highest BCUT2D eigenvalue weighted by Crippen LogP contribution is 2.41. The first-order valence-corrected chi connectivity index (χ1v) is 20.5. The highest BCUT2D eigenvalue weighted by atomic mass is 19.1. The van der Waals surface area contributed by atoms with Crippen molar-refractivity contribution in [2.45, 2.75) is 134 Å². The molecule has 10 heteroatoms. The van der Waals surface area contributed by atoms with Crippen molar-refractivity contribution in [1.82, 2.24) is 14.8 Å². The fourth-order valence-electron chi connectivity index (χ4n) is 10.2. The molecule has 0 radical (unpaired) electrons. The summed E-state index contributed by atoms with van der Waals surface area (Å²) in [7, 11) is 0. The van der Waals surface area contributed by atoms with Crippen LogP contribution in [0.2, 0.25) is 0 Å². The molecule has 9 nitrogen and oxygen atoms in total. The fraction of sp³-hybridized carbons (Fsp3) is 0.614. The fourth-order valence-corrected chi connectivity index (χ4v) is 10.2. The Morgan fingerprint density at radius 1 is 0.963 bits per heavy atom. The number of rotatable bonds is 9. The number of carboxylic acid groups (broad SMARTS) is 1. The van der Waals surface area contributed by atoms with E-state index in [2.05, 4.69) is 12.2 Å². The van der Waals surface area contributed by atoms with Gasteiger partial charge in [0.1, 0.15) is 5.82 Å². The molecule has 2 N–H and O–H groups in total. The second-order valence-corrected chi connectivity index (χ2v) is 16.7. The quantitative estimate of drug-likeness (QED) is 0.230. The van der Waals surface area contributed by atoms with Gasteiger partial charge in [-0.1, -0.05) is 44.2 Å². The molecule has 5 atom stereocenters. The number of likely N-dealkylation sites (tertiary alicyclic amines) is 1. The van der Waals surface area contributed by atoms with E-state index in [-0.39, 0.29) is 47.8 Å². The van der Waals surface area contributed by atoms with E-state index in [1.165, 1.54) is 12.1 Å². The van der Waals surface area contributed by atoms with Crippen molar-refractivity contribution in [3.8, 4) is 0 Å². The van der Waals surface area contributed by atoms with E-state index in [0.29, 0.717) is 62.6 Å². The Balaban J connectivity index is 1.10. The summed E-state index contributed by atoms with van der Waals surface area (Å²) in [5, 5.41) is 13.9. The summed E-state index contributed by atoms with van der Waals surface area (Å²) in [5.41, 5.74) is 2.77. The molecule has 2 aliphatic carbocycles. The number of halogens is 1. The van der Waals surface area contributed by atoms with Crippen LogP contribution in [0.5, 0.6) is 0 Å². The second kappa shape index (κ2) is 16.5. The van der Waals surface area contributed by atoms with Crippen LogP contribution in [-0.2, 0) is 37.3 Å². The molecule has 7 rings (SSSR count). The largest absolute Gasteiger partial charge is 0.481 e. The zero-order valence-corrected chi connectivity index (χ0v) is 32.2. The number of aliphatic carboxylic acids is 1. The molecule has 0 unspecified atom stereocenters. The number of aromatic nitrogens is 1. The highest BCUT2D eigenvalue weighted by molar-refractivity contribution is 5.96. The number of fused-ring (bicyclic) bond motifs is 1. The van der Waals surface area contributed by atoms with Crippen LogP contribution in [0.4, 0.5) is 9.18 Å². The normalized spacial score (nSPS) is 29.6. The number of piperidine rings is 1. The van der Waals surface area contributed by atoms with Gasteiger partial charge in [0.05, 0.1) is 29.1 Å². The van der Waals surface area contributed by atoms with Crippen LogP contribution in [-0.4, -0.2) is 76.5 Å². The van der Waals surface area contributed by atoms with E-state index in [1.807, 2.05) is 55.1 Å². The molecule has 2 aromatic carbocycles. The van der Waals surface area contributed by atoms with Crippen LogP contribution in [0.1, 0.15) is 108 Å². The Morgan fingerprint density at radius 2 is 1.69 bits per heavy atom. The van der Waals surface area contributed by atoms with Gasteiger partial charge in [-0.05, 0) is 132 Å². The zero-order chi connectivity index (χ0) is 38.0. The average Bonchev–Trinajstić information content (AvgIpc) is 3.48. The van der Waals surface area contributed by atoms with Gasteiger partial charge in [-0.2, -0.15) is 0 Å². The van der Waals surface area contributed by atoms with Crippen molar-refractivity contribution in [3.05, 3.63) is 71.2 Å². The van der Waals surface area contributed by atoms with Crippen molar-refractivity contribution in [1.29, 1.82) is 0 Å². The number of carbonyl (C=O) groups is 3. The summed E-state index contributed by atoms with van der Waals surface area (Å²) in [6.07, 6.45) is 10.8. The first kappa shape index (κ1) is 38.5. The lowest BCUT2D eigenvalue weighted by Gasteiger charge is -2.46. The number of benzene rings is 2. The van der Waals surface area contributed by atoms with E-state index in [1.54, 1.807) is 4.57 Å². The SMILES string of the molecule is CCc1c(CC2CCC(OC3CCOCC3)CC2)c2ccc(F)cc2n1C(=O)N1CC[C@@](C(=O)N[C@H]2CC[C@H](C(=O)O)C[C@@H]2C)(c2ccccc2)C[C@@H]1C. The standard InChI is InChI=1S/C44H58FN3O6/c1-4-39-37(25-30-10-14-34(15-11-30)54-35-18-22-53-23-19-35)36-16-13-33(45)26-40(36)48(39)43(52)47-21-20-44(27-29(47)3,32-8-6-5-7-9-32)42(51)46-38-17-12-31(41(49)50)24-28(38)2/h5-9,13,16,26,28-31,34-35,38H,4,10-12,14-15,17-25,27H2,1-3H3,(H,46,51)(H,49,50)/t28-,29-,30?,31-,34?,38-,44-/m0/s1. The van der Waals surface area contributed by atoms with E-state index < -0.39 is 11.4 Å². The molecule has 4 fully saturated rings. The predicted molar refractivity (Wildman–Crippen MR) is 206 cm³/mol. The van der Waals surface area contributed by atoms with Crippen molar-refractivity contribution in [3.63, 3.8) is 0 Å². The number of hydrogen-bond acceptors (Lipinski definition) is 5. The second-order valence-electron chi connectivity index (χ2n) is 16.7. The smallest absolute Gasteiger partial charge is 0.329 e. The van der Waals surface area contributed by atoms with Gasteiger partial charge in [0.25, 0.3) is 0 Å². The lowest BCUT2D eigenvalue weighted by molar-refractivity contribution is -0.143. The first-order chi connectivity index (χ1) is 26.1. The molecule has 0 bridgehead atoms. The van der Waals surface area contributed by atoms with Crippen molar-refractivity contribution in [2.24, 2.45) is 17.8 Å². The molecular formula is C44H58FN3O6. The van der Waals surface area contributed by atoms with Gasteiger partial charge < -0.3 is 24.8 Å². The Hall–Kier alpha value is -3.76. The lowest BCUT2D eigenvalue weighted by atomic mass is 9.69. The minimum atomic E-state index is -0.849. The lowest BCUT2D eigenvalue weighted by Crippen LogP contribution is -2.58. The van der Waals surface area contributed by atoms with E-state index in [9.17, 15) is 23.9 Å². The molecule has 292 valence electrons. The molecular weight excluding hydrogens is 685 g/mol. The number of hydrogen-bond donors (Lipinski definition) is 2. The molecule has 3 aromatic rings. The Kier molecular flexibility index (Phi) is 11.8. The van der Waals surface area contributed by atoms with Crippen LogP contribution in [0.3, 0.4) is 0 Å². The third-order valence-electron chi connectivity index (χ3n) is 13.3. The topological polar surface area (TPSA) is 110 Å². The average molecular weight is 744 g/mol. The summed E-state index contributed by atoms with van der Waals surface area (Å²) in [4.78, 5) is 42.8. The molecule has 0 spiro atoms. The van der Waals surface area contributed by atoms with Gasteiger partial charge in [0.2, 0.25) is 5.91 Å². The minimum Gasteiger partial charge on any atom is -0.481 e. The van der Waals surface area contributed by atoms with E-state index in [0.717, 1.165) is 80.4 Å². The van der Waals surface area contributed by atoms with E-state index >= 15 is 0 Å². The summed E-state index contributed by atoms with van der Waals surface area (Å²) in [6, 6.07) is 14.2. The van der Waals surface area contributed by atoms with Crippen LogP contribution in [0.25, 0.3) is 10.9 Å². The summed E-state index contributed by atoms with van der Waals surface area (Å²) in [5.74, 6) is -1.07. The molecule has 2 aliphatic heterocycles. The van der Waals surface area contributed by atoms with Gasteiger partial charge in [-0.3, -0.25) is 14.2 Å². The van der Waals surface area contributed by atoms with Crippen LogP contribution >= 0.6 is 0 Å².